The van der Waals surface area contributed by atoms with Crippen LogP contribution in [0.4, 0.5) is 26.1 Å². The van der Waals surface area contributed by atoms with Crippen molar-refractivity contribution in [1.82, 2.24) is 4.98 Å². The van der Waals surface area contributed by atoms with E-state index < -0.39 is 11.6 Å². The fraction of sp³-hybridized carbons (Fsp3) is 0.214. The second-order valence-electron chi connectivity index (χ2n) is 3.98. The summed E-state index contributed by atoms with van der Waals surface area (Å²) in [7, 11) is 1.52. The average Bonchev–Trinajstić information content (AvgIpc) is 2.44. The molecule has 2 rings (SSSR count). The minimum absolute atomic E-state index is 0.0140. The summed E-state index contributed by atoms with van der Waals surface area (Å²) in [5.74, 6) is -0.820. The zero-order valence-corrected chi connectivity index (χ0v) is 11.2. The van der Waals surface area contributed by atoms with Crippen molar-refractivity contribution in [2.24, 2.45) is 0 Å². The number of nitrogens with zero attached hydrogens (tertiary/aromatic N) is 1. The van der Waals surface area contributed by atoms with E-state index in [1.165, 1.54) is 7.05 Å². The molecule has 0 fully saturated rings. The molecule has 0 saturated carbocycles. The molecular formula is C14H15F2N3O. The number of ether oxygens (including phenoxy) is 1. The Hall–Kier alpha value is -2.37. The fourth-order valence-electron chi connectivity index (χ4n) is 1.67. The van der Waals surface area contributed by atoms with E-state index in [1.54, 1.807) is 24.3 Å². The van der Waals surface area contributed by atoms with Gasteiger partial charge in [-0.3, -0.25) is 0 Å². The summed E-state index contributed by atoms with van der Waals surface area (Å²) in [4.78, 5) is 3.84. The van der Waals surface area contributed by atoms with Crippen LogP contribution in [0.25, 0.3) is 0 Å². The van der Waals surface area contributed by atoms with Crippen LogP contribution in [0, 0.1) is 11.6 Å². The van der Waals surface area contributed by atoms with Crippen molar-refractivity contribution in [1.29, 1.82) is 0 Å². The number of pyridine rings is 1. The molecule has 6 heteroatoms. The molecule has 0 spiro atoms. The van der Waals surface area contributed by atoms with Gasteiger partial charge in [0.25, 0.3) is 0 Å². The summed E-state index contributed by atoms with van der Waals surface area (Å²) in [5.41, 5.74) is 0.633. The maximum Gasteiger partial charge on any atom is 0.169 e. The molecule has 2 aromatic rings. The number of aromatic nitrogens is 1. The molecule has 0 atom stereocenters. The van der Waals surface area contributed by atoms with Gasteiger partial charge >= 0.3 is 0 Å². The van der Waals surface area contributed by atoms with Crippen LogP contribution >= 0.6 is 0 Å². The number of rotatable bonds is 5. The zero-order valence-electron chi connectivity index (χ0n) is 11.2. The lowest BCUT2D eigenvalue weighted by molar-refractivity contribution is 0.340. The molecule has 1 heterocycles. The van der Waals surface area contributed by atoms with Crippen molar-refractivity contribution >= 4 is 17.3 Å². The van der Waals surface area contributed by atoms with Crippen LogP contribution in [0.3, 0.4) is 0 Å². The van der Waals surface area contributed by atoms with Crippen LogP contribution in [0.1, 0.15) is 6.92 Å². The largest absolute Gasteiger partial charge is 0.494 e. The molecule has 4 nitrogen and oxygen atoms in total. The number of hydrogen-bond donors (Lipinski definition) is 2. The smallest absolute Gasteiger partial charge is 0.169 e. The molecular weight excluding hydrogens is 264 g/mol. The van der Waals surface area contributed by atoms with Crippen LogP contribution in [-0.2, 0) is 0 Å². The minimum atomic E-state index is -0.754. The molecule has 0 aliphatic rings. The molecule has 0 aliphatic carbocycles. The summed E-state index contributed by atoms with van der Waals surface area (Å²) >= 11 is 0. The number of nitrogens with one attached hydrogen (secondary N) is 2. The number of hydrogen-bond acceptors (Lipinski definition) is 4. The summed E-state index contributed by atoms with van der Waals surface area (Å²) in [5, 5.41) is 5.36. The SMILES string of the molecule is CCOc1ccc(Nc2nc(NC)c(F)cc2F)cc1. The van der Waals surface area contributed by atoms with Crippen LogP contribution in [0.2, 0.25) is 0 Å². The van der Waals surface area contributed by atoms with Crippen molar-refractivity contribution in [3.63, 3.8) is 0 Å². The van der Waals surface area contributed by atoms with E-state index in [2.05, 4.69) is 15.6 Å². The summed E-state index contributed by atoms with van der Waals surface area (Å²) < 4.78 is 32.2. The monoisotopic (exact) mass is 279 g/mol. The maximum absolute atomic E-state index is 13.6. The Morgan fingerprint density at radius 3 is 2.35 bits per heavy atom. The molecule has 1 aromatic heterocycles. The van der Waals surface area contributed by atoms with E-state index in [1.807, 2.05) is 6.92 Å². The van der Waals surface area contributed by atoms with E-state index in [0.717, 1.165) is 11.8 Å². The Morgan fingerprint density at radius 1 is 1.10 bits per heavy atom. The highest BCUT2D eigenvalue weighted by atomic mass is 19.1. The van der Waals surface area contributed by atoms with E-state index in [-0.39, 0.29) is 11.6 Å². The van der Waals surface area contributed by atoms with Crippen molar-refractivity contribution < 1.29 is 13.5 Å². The third-order valence-corrected chi connectivity index (χ3v) is 2.59. The average molecular weight is 279 g/mol. The highest BCUT2D eigenvalue weighted by molar-refractivity contribution is 5.59. The Labute approximate surface area is 115 Å². The lowest BCUT2D eigenvalue weighted by Gasteiger charge is -2.10. The van der Waals surface area contributed by atoms with Gasteiger partial charge in [-0.25, -0.2) is 13.8 Å². The standard InChI is InChI=1S/C14H15F2N3O/c1-3-20-10-6-4-9(5-7-10)18-14-12(16)8-11(15)13(17-2)19-14/h4-8H,3H2,1-2H3,(H2,17,18,19). The summed E-state index contributed by atoms with van der Waals surface area (Å²) in [6.07, 6.45) is 0. The molecule has 106 valence electrons. The fourth-order valence-corrected chi connectivity index (χ4v) is 1.67. The van der Waals surface area contributed by atoms with Gasteiger partial charge in [0.15, 0.2) is 23.3 Å². The van der Waals surface area contributed by atoms with E-state index in [4.69, 9.17) is 4.74 Å². The molecule has 0 aliphatic heterocycles. The van der Waals surface area contributed by atoms with Gasteiger partial charge in [-0.1, -0.05) is 0 Å². The van der Waals surface area contributed by atoms with Gasteiger partial charge in [0.05, 0.1) is 6.61 Å². The molecule has 0 saturated heterocycles. The topological polar surface area (TPSA) is 46.2 Å². The quantitative estimate of drug-likeness (QED) is 0.878. The van der Waals surface area contributed by atoms with Gasteiger partial charge in [0.2, 0.25) is 0 Å². The Kier molecular flexibility index (Phi) is 4.34. The molecule has 0 radical (unpaired) electrons. The maximum atomic E-state index is 13.6. The number of anilines is 3. The van der Waals surface area contributed by atoms with Crippen molar-refractivity contribution in [2.75, 3.05) is 24.3 Å². The number of benzene rings is 1. The normalized spacial score (nSPS) is 10.2. The minimum Gasteiger partial charge on any atom is -0.494 e. The van der Waals surface area contributed by atoms with Gasteiger partial charge in [-0.2, -0.15) is 0 Å². The van der Waals surface area contributed by atoms with Gasteiger partial charge in [0.1, 0.15) is 5.75 Å². The lowest BCUT2D eigenvalue weighted by atomic mass is 10.3. The van der Waals surface area contributed by atoms with Crippen molar-refractivity contribution in [3.05, 3.63) is 42.0 Å². The van der Waals surface area contributed by atoms with E-state index >= 15 is 0 Å². The van der Waals surface area contributed by atoms with Crippen LogP contribution < -0.4 is 15.4 Å². The first-order valence-corrected chi connectivity index (χ1v) is 6.17. The van der Waals surface area contributed by atoms with Crippen LogP contribution in [-0.4, -0.2) is 18.6 Å². The first kappa shape index (κ1) is 14.0. The first-order valence-electron chi connectivity index (χ1n) is 6.17. The van der Waals surface area contributed by atoms with Gasteiger partial charge < -0.3 is 15.4 Å². The second kappa shape index (κ2) is 6.18. The highest BCUT2D eigenvalue weighted by Crippen LogP contribution is 2.23. The summed E-state index contributed by atoms with van der Waals surface area (Å²) in [6, 6.07) is 7.76. The van der Waals surface area contributed by atoms with E-state index in [9.17, 15) is 8.78 Å². The lowest BCUT2D eigenvalue weighted by Crippen LogP contribution is -2.03. The van der Waals surface area contributed by atoms with Gasteiger partial charge in [-0.15, -0.1) is 0 Å². The zero-order chi connectivity index (χ0) is 14.5. The van der Waals surface area contributed by atoms with Crippen LogP contribution in [0.15, 0.2) is 30.3 Å². The molecule has 0 amide bonds. The van der Waals surface area contributed by atoms with E-state index in [0.29, 0.717) is 12.3 Å². The first-order chi connectivity index (χ1) is 9.63. The Morgan fingerprint density at radius 2 is 1.75 bits per heavy atom. The van der Waals surface area contributed by atoms with Crippen LogP contribution in [0.5, 0.6) is 5.75 Å². The highest BCUT2D eigenvalue weighted by Gasteiger charge is 2.11. The third-order valence-electron chi connectivity index (χ3n) is 2.59. The molecule has 0 unspecified atom stereocenters. The van der Waals surface area contributed by atoms with Gasteiger partial charge in [-0.05, 0) is 31.2 Å². The predicted molar refractivity (Wildman–Crippen MR) is 74.6 cm³/mol. The molecule has 2 N–H and O–H groups in total. The molecule has 0 bridgehead atoms. The van der Waals surface area contributed by atoms with Crippen molar-refractivity contribution in [2.45, 2.75) is 6.92 Å². The third kappa shape index (κ3) is 3.14. The van der Waals surface area contributed by atoms with Gasteiger partial charge in [0, 0.05) is 18.8 Å². The molecule has 20 heavy (non-hydrogen) atoms. The molecule has 1 aromatic carbocycles. The Bertz CT molecular complexity index is 588. The second-order valence-corrected chi connectivity index (χ2v) is 3.98. The number of halogens is 2. The van der Waals surface area contributed by atoms with Crippen molar-refractivity contribution in [3.8, 4) is 5.75 Å². The predicted octanol–water partition coefficient (Wildman–Crippen LogP) is 3.54. The summed E-state index contributed by atoms with van der Waals surface area (Å²) in [6.45, 7) is 2.47. The Balaban J connectivity index is 2.21.